The van der Waals surface area contributed by atoms with Crippen LogP contribution in [-0.4, -0.2) is 20.9 Å². The topological polar surface area (TPSA) is 63.1 Å². The molecule has 239 valence electrons. The molecule has 0 aliphatic rings. The van der Waals surface area contributed by atoms with Gasteiger partial charge in [0.25, 0.3) is 0 Å². The molecule has 0 bridgehead atoms. The Morgan fingerprint density at radius 2 is 1.56 bits per heavy atom. The van der Waals surface area contributed by atoms with Gasteiger partial charge in [0, 0.05) is 42.4 Å². The summed E-state index contributed by atoms with van der Waals surface area (Å²) in [6, 6.07) is 24.9. The van der Waals surface area contributed by atoms with Gasteiger partial charge in [-0.15, -0.1) is 35.4 Å². The van der Waals surface area contributed by atoms with Crippen molar-refractivity contribution in [3.63, 3.8) is 0 Å². The summed E-state index contributed by atoms with van der Waals surface area (Å²) in [5.41, 5.74) is 4.88. The number of carbonyl (C=O) groups is 1. The molecule has 5 heteroatoms. The Kier molecular flexibility index (Phi) is 11.5. The fourth-order valence-electron chi connectivity index (χ4n) is 5.47. The van der Waals surface area contributed by atoms with Crippen molar-refractivity contribution >= 4 is 38.2 Å². The molecule has 0 aliphatic heterocycles. The number of nitrogens with zero attached hydrogens (tertiary/aromatic N) is 2. The van der Waals surface area contributed by atoms with Crippen LogP contribution < -0.4 is 0 Å². The Balaban J connectivity index is 0.000000297. The Labute approximate surface area is 282 Å². The molecule has 0 saturated carbocycles. The van der Waals surface area contributed by atoms with E-state index in [9.17, 15) is 9.90 Å². The first-order chi connectivity index (χ1) is 20.7. The zero-order chi connectivity index (χ0) is 32.4. The van der Waals surface area contributed by atoms with Crippen molar-refractivity contribution in [2.75, 3.05) is 0 Å². The van der Waals surface area contributed by atoms with Crippen LogP contribution in [0.4, 0.5) is 0 Å². The summed E-state index contributed by atoms with van der Waals surface area (Å²) in [6.07, 6.45) is 3.00. The number of aromatic nitrogens is 2. The number of hydrogen-bond donors (Lipinski definition) is 1. The van der Waals surface area contributed by atoms with E-state index in [2.05, 4.69) is 75.4 Å². The molecule has 4 aromatic carbocycles. The number of carbonyl (C=O) groups excluding carboxylic acids is 1. The van der Waals surface area contributed by atoms with E-state index in [0.717, 1.165) is 40.8 Å². The molecule has 1 radical (unpaired) electrons. The van der Waals surface area contributed by atoms with Gasteiger partial charge in [-0.3, -0.25) is 9.78 Å². The van der Waals surface area contributed by atoms with Crippen molar-refractivity contribution in [3.8, 4) is 11.3 Å². The first-order valence-electron chi connectivity index (χ1n) is 15.8. The Morgan fingerprint density at radius 3 is 2.16 bits per heavy atom. The molecule has 5 rings (SSSR count). The number of aliphatic hydroxyl groups is 1. The molecule has 0 atom stereocenters. The van der Waals surface area contributed by atoms with E-state index < -0.39 is 0 Å². The number of hydrogen-bond acceptors (Lipinski definition) is 4. The maximum atomic E-state index is 11.9. The number of aliphatic hydroxyl groups excluding tert-OH is 1. The predicted molar refractivity (Wildman–Crippen MR) is 186 cm³/mol. The van der Waals surface area contributed by atoms with Gasteiger partial charge in [-0.05, 0) is 58.5 Å². The molecule has 1 aromatic heterocycles. The van der Waals surface area contributed by atoms with Crippen LogP contribution in [0.25, 0.3) is 43.7 Å². The van der Waals surface area contributed by atoms with Crippen LogP contribution in [0.3, 0.4) is 0 Å². The smallest absolute Gasteiger partial charge is 0.164 e. The second-order valence-electron chi connectivity index (χ2n) is 13.5. The summed E-state index contributed by atoms with van der Waals surface area (Å²) in [5, 5.41) is 15.9. The molecule has 1 heterocycles. The molecular formula is C40H47IrN2O2-. The van der Waals surface area contributed by atoms with Crippen molar-refractivity contribution in [3.05, 3.63) is 95.5 Å². The van der Waals surface area contributed by atoms with Crippen LogP contribution in [0.1, 0.15) is 91.1 Å². The largest absolute Gasteiger partial charge is 0.512 e. The number of allylic oxidation sites excluding steroid dienone is 2. The summed E-state index contributed by atoms with van der Waals surface area (Å²) < 4.78 is 0. The monoisotopic (exact) mass is 780 g/mol. The Bertz CT molecular complexity index is 1860. The minimum atomic E-state index is -0.349. The Morgan fingerprint density at radius 1 is 0.911 bits per heavy atom. The van der Waals surface area contributed by atoms with Crippen LogP contribution in [0.5, 0.6) is 0 Å². The first-order valence-corrected chi connectivity index (χ1v) is 15.8. The molecule has 0 saturated heterocycles. The normalized spacial score (nSPS) is 12.3. The second kappa shape index (κ2) is 14.4. The molecule has 0 unspecified atom stereocenters. The predicted octanol–water partition coefficient (Wildman–Crippen LogP) is 11.0. The molecule has 0 aliphatic carbocycles. The van der Waals surface area contributed by atoms with E-state index in [4.69, 9.17) is 9.97 Å². The minimum absolute atomic E-state index is 0. The van der Waals surface area contributed by atoms with Crippen molar-refractivity contribution in [1.82, 2.24) is 9.97 Å². The average Bonchev–Trinajstić information content (AvgIpc) is 2.99. The molecule has 1 N–H and O–H groups in total. The fourth-order valence-corrected chi connectivity index (χ4v) is 5.47. The van der Waals surface area contributed by atoms with Crippen molar-refractivity contribution in [1.29, 1.82) is 0 Å². The number of aryl methyl sites for hydroxylation is 2. The summed E-state index contributed by atoms with van der Waals surface area (Å²) in [4.78, 5) is 21.7. The van der Waals surface area contributed by atoms with E-state index in [0.29, 0.717) is 5.92 Å². The average molecular weight is 780 g/mol. The summed E-state index contributed by atoms with van der Waals surface area (Å²) >= 11 is 0. The third-order valence-electron chi connectivity index (χ3n) is 8.95. The van der Waals surface area contributed by atoms with E-state index in [1.807, 2.05) is 60.6 Å². The van der Waals surface area contributed by atoms with Crippen LogP contribution >= 0.6 is 0 Å². The van der Waals surface area contributed by atoms with Crippen LogP contribution in [0, 0.1) is 30.7 Å². The van der Waals surface area contributed by atoms with Gasteiger partial charge in [-0.2, -0.15) is 0 Å². The molecule has 4 nitrogen and oxygen atoms in total. The van der Waals surface area contributed by atoms with Crippen molar-refractivity contribution < 1.29 is 30.0 Å². The Hall–Kier alpha value is -3.40. The standard InChI is InChI=1S/C27H23N2.C13H24O2.Ir/c1-16(2)24-15-19-10-6-8-12-21(19)22-13-14-23-26(20-11-7-5-9-17(20)3)28-18(4)29-27(23)25(22)24;1-7-13(6,8-2)11(15)9-10(14)12(3,4)5;/h5-10,12-16H,1-4H3;9,14H,7-8H2,1-6H3;/q-1;;/b;10-9-;. The van der Waals surface area contributed by atoms with Crippen LogP contribution in [-0.2, 0) is 24.9 Å². The van der Waals surface area contributed by atoms with Crippen LogP contribution in [0.15, 0.2) is 72.5 Å². The SMILES string of the molecule is CCC(C)(CC)C(=O)/C=C(\O)C(C)(C)C.Cc1nc(-c2[c-]cccc2C)c2ccc3c4ccccc4cc(C(C)C)c3c2n1.[Ir]. The fraction of sp³-hybridized carbons (Fsp3) is 0.375. The minimum Gasteiger partial charge on any atom is -0.512 e. The van der Waals surface area contributed by atoms with Gasteiger partial charge < -0.3 is 5.11 Å². The molecule has 0 fully saturated rings. The third-order valence-corrected chi connectivity index (χ3v) is 8.95. The number of benzene rings is 4. The van der Waals surface area contributed by atoms with Gasteiger partial charge in [0.1, 0.15) is 11.6 Å². The maximum absolute atomic E-state index is 11.9. The van der Waals surface area contributed by atoms with Crippen LogP contribution in [0.2, 0.25) is 0 Å². The van der Waals surface area contributed by atoms with Gasteiger partial charge >= 0.3 is 0 Å². The number of ketones is 1. The molecule has 0 amide bonds. The number of fused-ring (bicyclic) bond motifs is 5. The van der Waals surface area contributed by atoms with Gasteiger partial charge in [-0.25, -0.2) is 4.98 Å². The number of rotatable bonds is 6. The molecular weight excluding hydrogens is 733 g/mol. The van der Waals surface area contributed by atoms with Gasteiger partial charge in [0.05, 0.1) is 5.52 Å². The van der Waals surface area contributed by atoms with E-state index in [1.165, 1.54) is 38.7 Å². The molecule has 45 heavy (non-hydrogen) atoms. The van der Waals surface area contributed by atoms with Gasteiger partial charge in [0.15, 0.2) is 5.78 Å². The van der Waals surface area contributed by atoms with Crippen molar-refractivity contribution in [2.45, 2.75) is 88.0 Å². The zero-order valence-electron chi connectivity index (χ0n) is 28.4. The summed E-state index contributed by atoms with van der Waals surface area (Å²) in [6.45, 7) is 20.2. The zero-order valence-corrected chi connectivity index (χ0v) is 30.8. The van der Waals surface area contributed by atoms with E-state index >= 15 is 0 Å². The summed E-state index contributed by atoms with van der Waals surface area (Å²) in [7, 11) is 0. The van der Waals surface area contributed by atoms with Gasteiger partial charge in [-0.1, -0.05) is 105 Å². The molecule has 0 spiro atoms. The van der Waals surface area contributed by atoms with Gasteiger partial charge in [0.2, 0.25) is 0 Å². The maximum Gasteiger partial charge on any atom is 0.164 e. The van der Waals surface area contributed by atoms with Crippen molar-refractivity contribution in [2.24, 2.45) is 10.8 Å². The first kappa shape index (κ1) is 36.1. The second-order valence-corrected chi connectivity index (χ2v) is 13.5. The quantitative estimate of drug-likeness (QED) is 0.0807. The summed E-state index contributed by atoms with van der Waals surface area (Å²) in [5.74, 6) is 1.39. The molecule has 5 aromatic rings. The van der Waals surface area contributed by atoms with E-state index in [1.54, 1.807) is 0 Å². The van der Waals surface area contributed by atoms with E-state index in [-0.39, 0.29) is 42.5 Å². The third kappa shape index (κ3) is 7.53.